The minimum absolute atomic E-state index is 0.0574. The maximum atomic E-state index is 13.8. The fourth-order valence-corrected chi connectivity index (χ4v) is 6.71. The number of nitrogens with zero attached hydrogens (tertiary/aromatic N) is 1. The Kier molecular flexibility index (Phi) is 8.92. The van der Waals surface area contributed by atoms with Gasteiger partial charge in [-0.1, -0.05) is 12.1 Å². The van der Waals surface area contributed by atoms with Crippen molar-refractivity contribution in [3.05, 3.63) is 70.5 Å². The van der Waals surface area contributed by atoms with E-state index in [9.17, 15) is 35.8 Å². The summed E-state index contributed by atoms with van der Waals surface area (Å²) in [6.45, 7) is 6.35. The van der Waals surface area contributed by atoms with Crippen LogP contribution in [0.3, 0.4) is 0 Å². The Balaban J connectivity index is 1.37. The SMILES string of the molecule is C[C@@H](O[C@H]1OCC[C@@H](CN2CCC3(CC2)COCC3(C)O)[C@@H]1c1ccc(F)cc1)c1cc(C(F)(F)F)cc(C(F)(F)F)c1. The second-order valence-corrected chi connectivity index (χ2v) is 12.3. The lowest BCUT2D eigenvalue weighted by Crippen LogP contribution is -2.53. The molecule has 5 atom stereocenters. The van der Waals surface area contributed by atoms with E-state index in [2.05, 4.69) is 4.90 Å². The van der Waals surface area contributed by atoms with Gasteiger partial charge in [-0.3, -0.25) is 0 Å². The molecule has 1 unspecified atom stereocenters. The number of aliphatic hydroxyl groups is 1. The molecular formula is C31H36F7NO4. The van der Waals surface area contributed by atoms with Crippen molar-refractivity contribution >= 4 is 0 Å². The number of likely N-dealkylation sites (tertiary alicyclic amines) is 1. The molecular weight excluding hydrogens is 583 g/mol. The third-order valence-corrected chi connectivity index (χ3v) is 9.45. The highest BCUT2D eigenvalue weighted by atomic mass is 19.4. The van der Waals surface area contributed by atoms with E-state index in [1.807, 2.05) is 6.92 Å². The van der Waals surface area contributed by atoms with E-state index < -0.39 is 53.2 Å². The van der Waals surface area contributed by atoms with E-state index in [4.69, 9.17) is 14.2 Å². The molecule has 2 aromatic carbocycles. The smallest absolute Gasteiger partial charge is 0.387 e. The number of alkyl halides is 6. The summed E-state index contributed by atoms with van der Waals surface area (Å²) in [5, 5.41) is 10.9. The standard InChI is InChI=1S/C31H36F7NO4/c1-19(22-13-23(30(33,34)35)15-24(14-22)31(36,37)38)43-27-26(20-3-5-25(32)6-4-20)21(7-12-42-27)16-39-10-8-29(9-11-39)18-41-17-28(29,2)40/h3-6,13-15,19,21,26-27,40H,7-12,16-18H2,1-2H3/t19-,21+,26+,27-,28?/m1/s1. The Hall–Kier alpha value is -2.25. The predicted octanol–water partition coefficient (Wildman–Crippen LogP) is 6.95. The van der Waals surface area contributed by atoms with E-state index in [1.165, 1.54) is 19.1 Å². The molecule has 3 saturated heterocycles. The Morgan fingerprint density at radius 1 is 0.977 bits per heavy atom. The number of rotatable bonds is 6. The third kappa shape index (κ3) is 6.88. The molecule has 5 nitrogen and oxygen atoms in total. The Morgan fingerprint density at radius 3 is 2.12 bits per heavy atom. The zero-order valence-corrected chi connectivity index (χ0v) is 24.0. The van der Waals surface area contributed by atoms with Gasteiger partial charge in [0.25, 0.3) is 0 Å². The van der Waals surface area contributed by atoms with Crippen LogP contribution in [0.15, 0.2) is 42.5 Å². The van der Waals surface area contributed by atoms with Gasteiger partial charge in [-0.25, -0.2) is 4.39 Å². The molecule has 1 N–H and O–H groups in total. The largest absolute Gasteiger partial charge is 0.416 e. The highest BCUT2D eigenvalue weighted by Crippen LogP contribution is 2.47. The third-order valence-electron chi connectivity index (χ3n) is 9.45. The minimum Gasteiger partial charge on any atom is -0.387 e. The van der Waals surface area contributed by atoms with Crippen molar-refractivity contribution in [3.8, 4) is 0 Å². The van der Waals surface area contributed by atoms with Crippen LogP contribution in [0, 0.1) is 17.2 Å². The first-order valence-corrected chi connectivity index (χ1v) is 14.4. The highest BCUT2D eigenvalue weighted by molar-refractivity contribution is 5.35. The molecule has 3 aliphatic heterocycles. The molecule has 0 aromatic heterocycles. The number of hydrogen-bond acceptors (Lipinski definition) is 5. The summed E-state index contributed by atoms with van der Waals surface area (Å²) in [6.07, 6.45) is -10.0. The van der Waals surface area contributed by atoms with Crippen LogP contribution in [-0.2, 0) is 26.6 Å². The van der Waals surface area contributed by atoms with E-state index in [-0.39, 0.29) is 29.6 Å². The van der Waals surface area contributed by atoms with Gasteiger partial charge >= 0.3 is 12.4 Å². The monoisotopic (exact) mass is 619 g/mol. The Morgan fingerprint density at radius 2 is 1.58 bits per heavy atom. The van der Waals surface area contributed by atoms with Crippen LogP contribution in [0.1, 0.15) is 67.4 Å². The predicted molar refractivity (Wildman–Crippen MR) is 142 cm³/mol. The maximum Gasteiger partial charge on any atom is 0.416 e. The van der Waals surface area contributed by atoms with Gasteiger partial charge in [0.1, 0.15) is 5.82 Å². The molecule has 238 valence electrons. The number of piperidine rings is 1. The fraction of sp³-hybridized carbons (Fsp3) is 0.613. The van der Waals surface area contributed by atoms with Crippen molar-refractivity contribution in [1.29, 1.82) is 0 Å². The van der Waals surface area contributed by atoms with Gasteiger partial charge < -0.3 is 24.2 Å². The average molecular weight is 620 g/mol. The second kappa shape index (κ2) is 11.9. The molecule has 0 saturated carbocycles. The molecule has 1 spiro atoms. The number of halogens is 7. The van der Waals surface area contributed by atoms with E-state index in [0.717, 1.165) is 25.9 Å². The Bertz CT molecular complexity index is 1220. The lowest BCUT2D eigenvalue weighted by molar-refractivity contribution is -0.211. The number of ether oxygens (including phenoxy) is 3. The number of hydrogen-bond donors (Lipinski definition) is 1. The van der Waals surface area contributed by atoms with E-state index in [1.54, 1.807) is 12.1 Å². The first-order chi connectivity index (χ1) is 20.1. The van der Waals surface area contributed by atoms with Crippen molar-refractivity contribution in [3.63, 3.8) is 0 Å². The fourth-order valence-electron chi connectivity index (χ4n) is 6.71. The molecule has 3 aliphatic rings. The van der Waals surface area contributed by atoms with Crippen molar-refractivity contribution in [1.82, 2.24) is 4.90 Å². The van der Waals surface area contributed by atoms with Crippen molar-refractivity contribution in [2.45, 2.75) is 69.4 Å². The van der Waals surface area contributed by atoms with Gasteiger partial charge in [-0.15, -0.1) is 0 Å². The minimum atomic E-state index is -4.98. The van der Waals surface area contributed by atoms with Gasteiger partial charge in [-0.05, 0) is 93.6 Å². The van der Waals surface area contributed by atoms with Gasteiger partial charge in [-0.2, -0.15) is 26.3 Å². The highest BCUT2D eigenvalue weighted by Gasteiger charge is 2.53. The maximum absolute atomic E-state index is 13.8. The lowest BCUT2D eigenvalue weighted by atomic mass is 9.68. The van der Waals surface area contributed by atoms with Crippen LogP contribution in [0.4, 0.5) is 30.7 Å². The summed E-state index contributed by atoms with van der Waals surface area (Å²) in [5.74, 6) is -0.963. The van der Waals surface area contributed by atoms with Crippen LogP contribution in [0.5, 0.6) is 0 Å². The average Bonchev–Trinajstić information content (AvgIpc) is 3.22. The van der Waals surface area contributed by atoms with Crippen LogP contribution >= 0.6 is 0 Å². The van der Waals surface area contributed by atoms with Crippen LogP contribution in [0.2, 0.25) is 0 Å². The normalized spacial score (nSPS) is 29.2. The van der Waals surface area contributed by atoms with Crippen LogP contribution < -0.4 is 0 Å². The first-order valence-electron chi connectivity index (χ1n) is 14.4. The summed E-state index contributed by atoms with van der Waals surface area (Å²) in [4.78, 5) is 2.29. The van der Waals surface area contributed by atoms with Crippen LogP contribution in [-0.4, -0.2) is 61.4 Å². The molecule has 0 amide bonds. The molecule has 3 heterocycles. The molecule has 0 bridgehead atoms. The van der Waals surface area contributed by atoms with E-state index in [0.29, 0.717) is 43.9 Å². The van der Waals surface area contributed by atoms with Crippen molar-refractivity contribution < 1.29 is 50.1 Å². The summed E-state index contributed by atoms with van der Waals surface area (Å²) in [7, 11) is 0. The summed E-state index contributed by atoms with van der Waals surface area (Å²) in [5.41, 5.74) is -3.63. The summed E-state index contributed by atoms with van der Waals surface area (Å²) in [6, 6.07) is 7.23. The zero-order valence-electron chi connectivity index (χ0n) is 24.0. The summed E-state index contributed by atoms with van der Waals surface area (Å²) >= 11 is 0. The molecule has 43 heavy (non-hydrogen) atoms. The van der Waals surface area contributed by atoms with Gasteiger partial charge in [0.2, 0.25) is 0 Å². The molecule has 5 rings (SSSR count). The van der Waals surface area contributed by atoms with Gasteiger partial charge in [0, 0.05) is 17.9 Å². The molecule has 2 aromatic rings. The van der Waals surface area contributed by atoms with Crippen molar-refractivity contribution in [2.75, 3.05) is 39.5 Å². The molecule has 3 fully saturated rings. The van der Waals surface area contributed by atoms with Gasteiger partial charge in [0.05, 0.1) is 42.7 Å². The van der Waals surface area contributed by atoms with Gasteiger partial charge in [0.15, 0.2) is 6.29 Å². The summed E-state index contributed by atoms with van der Waals surface area (Å²) < 4.78 is 113. The second-order valence-electron chi connectivity index (χ2n) is 12.3. The van der Waals surface area contributed by atoms with Crippen LogP contribution in [0.25, 0.3) is 0 Å². The zero-order chi connectivity index (χ0) is 31.2. The van der Waals surface area contributed by atoms with E-state index >= 15 is 0 Å². The Labute approximate surface area is 245 Å². The molecule has 0 radical (unpaired) electrons. The molecule has 12 heteroatoms. The van der Waals surface area contributed by atoms with Crippen molar-refractivity contribution in [2.24, 2.45) is 11.3 Å². The first kappa shape index (κ1) is 32.2. The topological polar surface area (TPSA) is 51.2 Å². The number of benzene rings is 2. The lowest BCUT2D eigenvalue weighted by Gasteiger charge is -2.47. The molecule has 0 aliphatic carbocycles. The quantitative estimate of drug-likeness (QED) is 0.355.